The van der Waals surface area contributed by atoms with E-state index in [2.05, 4.69) is 27.5 Å². The molecule has 2 aliphatic carbocycles. The van der Waals surface area contributed by atoms with E-state index in [4.69, 9.17) is 10.5 Å². The average Bonchev–Trinajstić information content (AvgIpc) is 3.11. The highest BCUT2D eigenvalue weighted by Crippen LogP contribution is 2.36. The second kappa shape index (κ2) is 8.20. The van der Waals surface area contributed by atoms with E-state index in [-0.39, 0.29) is 5.54 Å². The maximum atomic E-state index is 11.8. The van der Waals surface area contributed by atoms with Crippen LogP contribution in [0.25, 0.3) is 0 Å². The number of carbonyl (C=O) groups excluding carboxylic acids is 1. The van der Waals surface area contributed by atoms with Crippen LogP contribution in [-0.2, 0) is 4.74 Å². The normalized spacial score (nSPS) is 25.0. The molecule has 1 heterocycles. The van der Waals surface area contributed by atoms with E-state index >= 15 is 0 Å². The summed E-state index contributed by atoms with van der Waals surface area (Å²) in [7, 11) is 1.77. The number of nitrogens with one attached hydrogen (secondary N) is 2. The Hall–Kier alpha value is -1.89. The van der Waals surface area contributed by atoms with Gasteiger partial charge in [-0.15, -0.1) is 0 Å². The van der Waals surface area contributed by atoms with Crippen LogP contribution < -0.4 is 16.4 Å². The van der Waals surface area contributed by atoms with E-state index in [9.17, 15) is 4.79 Å². The number of amides is 1. The van der Waals surface area contributed by atoms with Crippen molar-refractivity contribution in [2.45, 2.75) is 82.4 Å². The lowest BCUT2D eigenvalue weighted by molar-refractivity contribution is 0.0681. The molecule has 1 aromatic rings. The van der Waals surface area contributed by atoms with Crippen LogP contribution in [0.5, 0.6) is 0 Å². The molecule has 0 spiro atoms. The SMILES string of the molecule is CCC1(Nc2nc(N[C@H]3CC[C@H](OC)CC3)ncc2C(N)=O)CCCC1. The molecule has 2 saturated carbocycles. The second-order valence-electron chi connectivity index (χ2n) is 7.64. The van der Waals surface area contributed by atoms with Crippen molar-refractivity contribution in [2.75, 3.05) is 17.7 Å². The molecule has 144 valence electrons. The summed E-state index contributed by atoms with van der Waals surface area (Å²) in [5, 5.41) is 6.95. The van der Waals surface area contributed by atoms with Crippen molar-refractivity contribution < 1.29 is 9.53 Å². The zero-order valence-electron chi connectivity index (χ0n) is 15.9. The van der Waals surface area contributed by atoms with Gasteiger partial charge in [0.25, 0.3) is 5.91 Å². The number of carbonyl (C=O) groups is 1. The summed E-state index contributed by atoms with van der Waals surface area (Å²) in [6.07, 6.45) is 11.6. The minimum Gasteiger partial charge on any atom is -0.381 e. The molecule has 0 atom stereocenters. The zero-order chi connectivity index (χ0) is 18.6. The maximum absolute atomic E-state index is 11.8. The van der Waals surface area contributed by atoms with Gasteiger partial charge in [0.2, 0.25) is 5.95 Å². The molecule has 0 saturated heterocycles. The lowest BCUT2D eigenvalue weighted by Crippen LogP contribution is -2.36. The summed E-state index contributed by atoms with van der Waals surface area (Å²) >= 11 is 0. The van der Waals surface area contributed by atoms with Gasteiger partial charge in [-0.2, -0.15) is 4.98 Å². The van der Waals surface area contributed by atoms with E-state index < -0.39 is 5.91 Å². The maximum Gasteiger partial charge on any atom is 0.254 e. The van der Waals surface area contributed by atoms with Crippen LogP contribution in [0.4, 0.5) is 11.8 Å². The largest absolute Gasteiger partial charge is 0.381 e. The highest BCUT2D eigenvalue weighted by Gasteiger charge is 2.33. The first-order chi connectivity index (χ1) is 12.5. The molecule has 2 fully saturated rings. The van der Waals surface area contributed by atoms with Crippen LogP contribution in [0, 0.1) is 0 Å². The molecule has 26 heavy (non-hydrogen) atoms. The van der Waals surface area contributed by atoms with Crippen LogP contribution in [0.3, 0.4) is 0 Å². The Labute approximate surface area is 155 Å². The molecule has 2 aliphatic rings. The Morgan fingerprint density at radius 3 is 2.58 bits per heavy atom. The third-order valence-electron chi connectivity index (χ3n) is 6.02. The predicted molar refractivity (Wildman–Crippen MR) is 102 cm³/mol. The first kappa shape index (κ1) is 18.9. The smallest absolute Gasteiger partial charge is 0.254 e. The predicted octanol–water partition coefficient (Wildman–Crippen LogP) is 3.08. The highest BCUT2D eigenvalue weighted by molar-refractivity contribution is 5.97. The number of hydrogen-bond donors (Lipinski definition) is 3. The minimum atomic E-state index is -0.496. The fraction of sp³-hybridized carbons (Fsp3) is 0.737. The minimum absolute atomic E-state index is 0.00630. The van der Waals surface area contributed by atoms with Crippen LogP contribution in [-0.4, -0.2) is 40.7 Å². The van der Waals surface area contributed by atoms with Gasteiger partial charge in [-0.1, -0.05) is 19.8 Å². The third-order valence-corrected chi connectivity index (χ3v) is 6.02. The first-order valence-corrected chi connectivity index (χ1v) is 9.79. The number of ether oxygens (including phenoxy) is 1. The van der Waals surface area contributed by atoms with Crippen molar-refractivity contribution in [3.8, 4) is 0 Å². The van der Waals surface area contributed by atoms with Crippen molar-refractivity contribution in [3.05, 3.63) is 11.8 Å². The van der Waals surface area contributed by atoms with Gasteiger partial charge in [0.05, 0.1) is 11.7 Å². The van der Waals surface area contributed by atoms with E-state index in [1.165, 1.54) is 12.8 Å². The van der Waals surface area contributed by atoms with Crippen molar-refractivity contribution in [3.63, 3.8) is 0 Å². The molecule has 4 N–H and O–H groups in total. The van der Waals surface area contributed by atoms with Crippen molar-refractivity contribution in [1.82, 2.24) is 9.97 Å². The Balaban J connectivity index is 1.75. The van der Waals surface area contributed by atoms with E-state index in [1.807, 2.05) is 0 Å². The Bertz CT molecular complexity index is 622. The standard InChI is InChI=1S/C19H31N5O2/c1-3-19(10-4-5-11-19)24-17-15(16(20)25)12-21-18(23-17)22-13-6-8-14(26-2)9-7-13/h12-14H,3-11H2,1-2H3,(H2,20,25)(H2,21,22,23,24)/t13-,14-. The number of aromatic nitrogens is 2. The van der Waals surface area contributed by atoms with Gasteiger partial charge in [-0.25, -0.2) is 4.98 Å². The molecule has 0 aliphatic heterocycles. The molecule has 3 rings (SSSR count). The molecule has 0 radical (unpaired) electrons. The molecule has 1 amide bonds. The Morgan fingerprint density at radius 2 is 2.00 bits per heavy atom. The van der Waals surface area contributed by atoms with E-state index in [1.54, 1.807) is 13.3 Å². The van der Waals surface area contributed by atoms with Gasteiger partial charge < -0.3 is 21.1 Å². The fourth-order valence-electron chi connectivity index (χ4n) is 4.22. The molecule has 7 heteroatoms. The summed E-state index contributed by atoms with van der Waals surface area (Å²) in [4.78, 5) is 20.8. The number of methoxy groups -OCH3 is 1. The van der Waals surface area contributed by atoms with E-state index in [0.29, 0.717) is 29.5 Å². The Morgan fingerprint density at radius 1 is 1.31 bits per heavy atom. The molecular weight excluding hydrogens is 330 g/mol. The number of nitrogens with zero attached hydrogens (tertiary/aromatic N) is 2. The number of nitrogens with two attached hydrogens (primary N) is 1. The topological polar surface area (TPSA) is 102 Å². The van der Waals surface area contributed by atoms with Gasteiger partial charge in [0.15, 0.2) is 0 Å². The van der Waals surface area contributed by atoms with Crippen molar-refractivity contribution in [1.29, 1.82) is 0 Å². The number of primary amides is 1. The lowest BCUT2D eigenvalue weighted by atomic mass is 9.93. The Kier molecular flexibility index (Phi) is 5.96. The number of rotatable bonds is 7. The van der Waals surface area contributed by atoms with Gasteiger partial charge in [0.1, 0.15) is 5.82 Å². The molecule has 7 nitrogen and oxygen atoms in total. The van der Waals surface area contributed by atoms with Crippen molar-refractivity contribution in [2.24, 2.45) is 5.73 Å². The van der Waals surface area contributed by atoms with Gasteiger partial charge in [-0.05, 0) is 44.9 Å². The second-order valence-corrected chi connectivity index (χ2v) is 7.64. The summed E-state index contributed by atoms with van der Waals surface area (Å²) < 4.78 is 5.43. The van der Waals surface area contributed by atoms with Crippen LogP contribution in [0.15, 0.2) is 6.20 Å². The van der Waals surface area contributed by atoms with Gasteiger partial charge >= 0.3 is 0 Å². The van der Waals surface area contributed by atoms with Crippen molar-refractivity contribution >= 4 is 17.7 Å². The summed E-state index contributed by atoms with van der Waals surface area (Å²) in [5.41, 5.74) is 5.91. The number of hydrogen-bond acceptors (Lipinski definition) is 6. The zero-order valence-corrected chi connectivity index (χ0v) is 15.9. The van der Waals surface area contributed by atoms with Gasteiger partial charge in [0, 0.05) is 24.9 Å². The van der Waals surface area contributed by atoms with Crippen LogP contribution in [0.2, 0.25) is 0 Å². The highest BCUT2D eigenvalue weighted by atomic mass is 16.5. The van der Waals surface area contributed by atoms with Crippen LogP contribution >= 0.6 is 0 Å². The quantitative estimate of drug-likeness (QED) is 0.690. The average molecular weight is 361 g/mol. The molecule has 0 unspecified atom stereocenters. The fourth-order valence-corrected chi connectivity index (χ4v) is 4.22. The van der Waals surface area contributed by atoms with Gasteiger partial charge in [-0.3, -0.25) is 4.79 Å². The summed E-state index contributed by atoms with van der Waals surface area (Å²) in [6.45, 7) is 2.18. The summed E-state index contributed by atoms with van der Waals surface area (Å²) in [6, 6.07) is 0.334. The molecular formula is C19H31N5O2. The monoisotopic (exact) mass is 361 g/mol. The lowest BCUT2D eigenvalue weighted by Gasteiger charge is -2.31. The summed E-state index contributed by atoms with van der Waals surface area (Å²) in [5.74, 6) is 0.621. The van der Waals surface area contributed by atoms with E-state index in [0.717, 1.165) is 44.9 Å². The first-order valence-electron chi connectivity index (χ1n) is 9.79. The molecule has 0 bridgehead atoms. The van der Waals surface area contributed by atoms with Crippen LogP contribution in [0.1, 0.15) is 75.1 Å². The molecule has 0 aromatic carbocycles. The third kappa shape index (κ3) is 4.26. The number of anilines is 2. The molecule has 1 aromatic heterocycles.